The van der Waals surface area contributed by atoms with Crippen molar-refractivity contribution in [2.45, 2.75) is 38.6 Å². The van der Waals surface area contributed by atoms with Gasteiger partial charge in [-0.1, -0.05) is 56.3 Å². The number of benzene rings is 2. The molecule has 4 nitrogen and oxygen atoms in total. The third kappa shape index (κ3) is 4.75. The van der Waals surface area contributed by atoms with Gasteiger partial charge in [-0.3, -0.25) is 0 Å². The van der Waals surface area contributed by atoms with Crippen LogP contribution in [-0.4, -0.2) is 19.2 Å². The molecule has 2 amide bonds. The first-order valence-corrected chi connectivity index (χ1v) is 8.18. The third-order valence-corrected chi connectivity index (χ3v) is 4.10. The second-order valence-electron chi connectivity index (χ2n) is 6.65. The number of hydrogen-bond donors (Lipinski definition) is 2. The fourth-order valence-electron chi connectivity index (χ4n) is 2.95. The van der Waals surface area contributed by atoms with E-state index in [0.29, 0.717) is 11.4 Å². The molecule has 0 aliphatic rings. The zero-order valence-electron chi connectivity index (χ0n) is 14.8. The van der Waals surface area contributed by atoms with E-state index < -0.39 is 0 Å². The fourth-order valence-corrected chi connectivity index (χ4v) is 2.95. The van der Waals surface area contributed by atoms with Crippen molar-refractivity contribution in [3.63, 3.8) is 0 Å². The zero-order valence-corrected chi connectivity index (χ0v) is 14.8. The van der Waals surface area contributed by atoms with Crippen molar-refractivity contribution in [1.82, 2.24) is 5.32 Å². The van der Waals surface area contributed by atoms with Crippen LogP contribution in [0.4, 0.5) is 10.5 Å². The van der Waals surface area contributed by atoms with Gasteiger partial charge in [0.1, 0.15) is 5.75 Å². The Morgan fingerprint density at radius 1 is 1.08 bits per heavy atom. The van der Waals surface area contributed by atoms with Crippen LogP contribution in [0.15, 0.2) is 54.6 Å². The SMILES string of the molecule is COc1ccccc1NC(=O)NC(C)CC(C)(C)c1ccccc1. The first-order chi connectivity index (χ1) is 11.4. The molecule has 1 unspecified atom stereocenters. The highest BCUT2D eigenvalue weighted by Crippen LogP contribution is 2.28. The molecule has 4 heteroatoms. The quantitative estimate of drug-likeness (QED) is 0.817. The Labute approximate surface area is 144 Å². The minimum absolute atomic E-state index is 0.0155. The number of nitrogens with one attached hydrogen (secondary N) is 2. The van der Waals surface area contributed by atoms with Crippen LogP contribution < -0.4 is 15.4 Å². The molecule has 0 aromatic heterocycles. The highest BCUT2D eigenvalue weighted by atomic mass is 16.5. The molecule has 2 aromatic carbocycles. The van der Waals surface area contributed by atoms with Gasteiger partial charge in [0.2, 0.25) is 0 Å². The van der Waals surface area contributed by atoms with Gasteiger partial charge in [-0.2, -0.15) is 0 Å². The van der Waals surface area contributed by atoms with Gasteiger partial charge in [0.05, 0.1) is 12.8 Å². The van der Waals surface area contributed by atoms with E-state index in [-0.39, 0.29) is 17.5 Å². The summed E-state index contributed by atoms with van der Waals surface area (Å²) in [5.41, 5.74) is 1.91. The van der Waals surface area contributed by atoms with Crippen molar-refractivity contribution >= 4 is 11.7 Å². The minimum Gasteiger partial charge on any atom is -0.495 e. The van der Waals surface area contributed by atoms with Crippen LogP contribution in [0, 0.1) is 0 Å². The number of urea groups is 1. The van der Waals surface area contributed by atoms with E-state index in [1.54, 1.807) is 7.11 Å². The van der Waals surface area contributed by atoms with E-state index in [1.165, 1.54) is 5.56 Å². The van der Waals surface area contributed by atoms with E-state index in [9.17, 15) is 4.79 Å². The Morgan fingerprint density at radius 3 is 2.38 bits per heavy atom. The largest absolute Gasteiger partial charge is 0.495 e. The molecule has 0 saturated carbocycles. The predicted octanol–water partition coefficient (Wildman–Crippen LogP) is 4.57. The molecule has 0 spiro atoms. The number of hydrogen-bond acceptors (Lipinski definition) is 2. The van der Waals surface area contributed by atoms with Crippen molar-refractivity contribution in [2.75, 3.05) is 12.4 Å². The lowest BCUT2D eigenvalue weighted by Crippen LogP contribution is -2.39. The summed E-state index contributed by atoms with van der Waals surface area (Å²) in [6.45, 7) is 6.41. The van der Waals surface area contributed by atoms with Gasteiger partial charge < -0.3 is 15.4 Å². The molecule has 0 bridgehead atoms. The zero-order chi connectivity index (χ0) is 17.6. The second kappa shape index (κ2) is 7.86. The number of anilines is 1. The fraction of sp³-hybridized carbons (Fsp3) is 0.350. The summed E-state index contributed by atoms with van der Waals surface area (Å²) in [4.78, 5) is 12.2. The second-order valence-corrected chi connectivity index (χ2v) is 6.65. The Morgan fingerprint density at radius 2 is 1.71 bits per heavy atom. The number of methoxy groups -OCH3 is 1. The number of carbonyl (C=O) groups is 1. The average Bonchev–Trinajstić information content (AvgIpc) is 2.55. The summed E-state index contributed by atoms with van der Waals surface area (Å²) in [7, 11) is 1.59. The van der Waals surface area contributed by atoms with Crippen molar-refractivity contribution in [1.29, 1.82) is 0 Å². The van der Waals surface area contributed by atoms with Crippen LogP contribution in [0.1, 0.15) is 32.8 Å². The molecule has 0 saturated heterocycles. The van der Waals surface area contributed by atoms with Crippen LogP contribution >= 0.6 is 0 Å². The van der Waals surface area contributed by atoms with Gasteiger partial charge in [0.15, 0.2) is 0 Å². The first-order valence-electron chi connectivity index (χ1n) is 8.18. The molecule has 0 radical (unpaired) electrons. The Balaban J connectivity index is 1.94. The third-order valence-electron chi connectivity index (χ3n) is 4.10. The van der Waals surface area contributed by atoms with Gasteiger partial charge in [-0.15, -0.1) is 0 Å². The van der Waals surface area contributed by atoms with E-state index in [1.807, 2.05) is 49.4 Å². The summed E-state index contributed by atoms with van der Waals surface area (Å²) in [5, 5.41) is 5.84. The van der Waals surface area contributed by atoms with Crippen LogP contribution in [0.3, 0.4) is 0 Å². The number of carbonyl (C=O) groups excluding carboxylic acids is 1. The van der Waals surface area contributed by atoms with Crippen molar-refractivity contribution in [3.8, 4) is 5.75 Å². The normalized spacial score (nSPS) is 12.3. The number of amides is 2. The monoisotopic (exact) mass is 326 g/mol. The van der Waals surface area contributed by atoms with Crippen LogP contribution in [0.5, 0.6) is 5.75 Å². The molecule has 2 rings (SSSR count). The Hall–Kier alpha value is -2.49. The highest BCUT2D eigenvalue weighted by molar-refractivity contribution is 5.91. The summed E-state index contributed by atoms with van der Waals surface area (Å²) in [5.74, 6) is 0.643. The molecule has 0 fully saturated rings. The molecule has 2 N–H and O–H groups in total. The van der Waals surface area contributed by atoms with Crippen LogP contribution in [0.2, 0.25) is 0 Å². The maximum absolute atomic E-state index is 12.2. The van der Waals surface area contributed by atoms with Gasteiger partial charge >= 0.3 is 6.03 Å². The summed E-state index contributed by atoms with van der Waals surface area (Å²) in [6, 6.07) is 17.5. The number of para-hydroxylation sites is 2. The summed E-state index contributed by atoms with van der Waals surface area (Å²) >= 11 is 0. The molecule has 2 aromatic rings. The Bertz CT molecular complexity index is 668. The molecule has 0 aliphatic carbocycles. The molecular formula is C20H26N2O2. The van der Waals surface area contributed by atoms with Crippen molar-refractivity contribution in [2.24, 2.45) is 0 Å². The Kier molecular flexibility index (Phi) is 5.85. The molecule has 1 atom stereocenters. The van der Waals surface area contributed by atoms with E-state index in [2.05, 4.69) is 36.6 Å². The minimum atomic E-state index is -0.226. The van der Waals surface area contributed by atoms with Crippen molar-refractivity contribution in [3.05, 3.63) is 60.2 Å². The van der Waals surface area contributed by atoms with Gasteiger partial charge in [-0.25, -0.2) is 4.79 Å². The van der Waals surface area contributed by atoms with Crippen molar-refractivity contribution < 1.29 is 9.53 Å². The molecule has 24 heavy (non-hydrogen) atoms. The maximum atomic E-state index is 12.2. The van der Waals surface area contributed by atoms with E-state index in [0.717, 1.165) is 6.42 Å². The smallest absolute Gasteiger partial charge is 0.319 e. The van der Waals surface area contributed by atoms with Crippen LogP contribution in [-0.2, 0) is 5.41 Å². The van der Waals surface area contributed by atoms with Crippen LogP contribution in [0.25, 0.3) is 0 Å². The summed E-state index contributed by atoms with van der Waals surface area (Å²) in [6.07, 6.45) is 0.844. The lowest BCUT2D eigenvalue weighted by atomic mass is 9.79. The standard InChI is InChI=1S/C20H26N2O2/c1-15(14-20(2,3)16-10-6-5-7-11-16)21-19(23)22-17-12-8-9-13-18(17)24-4/h5-13,15H,14H2,1-4H3,(H2,21,22,23). The van der Waals surface area contributed by atoms with Gasteiger partial charge in [-0.05, 0) is 36.5 Å². The van der Waals surface area contributed by atoms with E-state index >= 15 is 0 Å². The number of rotatable bonds is 6. The van der Waals surface area contributed by atoms with E-state index in [4.69, 9.17) is 4.74 Å². The highest BCUT2D eigenvalue weighted by Gasteiger charge is 2.24. The molecule has 128 valence electrons. The first kappa shape index (κ1) is 17.9. The van der Waals surface area contributed by atoms with Gasteiger partial charge in [0, 0.05) is 6.04 Å². The topological polar surface area (TPSA) is 50.4 Å². The lowest BCUT2D eigenvalue weighted by Gasteiger charge is -2.29. The predicted molar refractivity (Wildman–Crippen MR) is 98.7 cm³/mol. The maximum Gasteiger partial charge on any atom is 0.319 e. The lowest BCUT2D eigenvalue weighted by molar-refractivity contribution is 0.246. The summed E-state index contributed by atoms with van der Waals surface area (Å²) < 4.78 is 5.25. The molecule has 0 aliphatic heterocycles. The molecular weight excluding hydrogens is 300 g/mol. The molecule has 0 heterocycles. The number of ether oxygens (including phenoxy) is 1. The van der Waals surface area contributed by atoms with Gasteiger partial charge in [0.25, 0.3) is 0 Å². The average molecular weight is 326 g/mol.